The van der Waals surface area contributed by atoms with Crippen LogP contribution in [0.4, 0.5) is 13.2 Å². The van der Waals surface area contributed by atoms with Gasteiger partial charge in [0.25, 0.3) is 0 Å². The Morgan fingerprint density at radius 1 is 1.15 bits per heavy atom. The molecule has 140 valence electrons. The summed E-state index contributed by atoms with van der Waals surface area (Å²) in [4.78, 5) is 16.1. The van der Waals surface area contributed by atoms with Gasteiger partial charge >= 0.3 is 18.0 Å². The van der Waals surface area contributed by atoms with Gasteiger partial charge in [-0.2, -0.15) is 18.2 Å². The molecule has 9 heteroatoms. The zero-order chi connectivity index (χ0) is 19.4. The van der Waals surface area contributed by atoms with Crippen LogP contribution < -0.4 is 10.1 Å². The van der Waals surface area contributed by atoms with Crippen LogP contribution in [0.25, 0.3) is 11.4 Å². The molecule has 0 bridgehead atoms. The maximum Gasteiger partial charge on any atom is 0.416 e. The van der Waals surface area contributed by atoms with Gasteiger partial charge < -0.3 is 14.6 Å². The number of nitrogens with one attached hydrogen (secondary N) is 1. The van der Waals surface area contributed by atoms with E-state index in [9.17, 15) is 18.0 Å². The predicted molar refractivity (Wildman–Crippen MR) is 88.9 cm³/mol. The zero-order valence-corrected chi connectivity index (χ0v) is 14.1. The van der Waals surface area contributed by atoms with Crippen LogP contribution in [-0.4, -0.2) is 23.2 Å². The van der Waals surface area contributed by atoms with Gasteiger partial charge in [0.1, 0.15) is 5.75 Å². The molecular weight excluding hydrogens is 363 g/mol. The molecule has 1 N–H and O–H groups in total. The maximum absolute atomic E-state index is 12.6. The number of amides is 1. The second-order valence-electron chi connectivity index (χ2n) is 5.49. The topological polar surface area (TPSA) is 77.2 Å². The summed E-state index contributed by atoms with van der Waals surface area (Å²) in [6.07, 6.45) is -4.43. The normalized spacial score (nSPS) is 11.3. The summed E-state index contributed by atoms with van der Waals surface area (Å²) in [6.45, 7) is 0.181. The Labute approximate surface area is 152 Å². The van der Waals surface area contributed by atoms with E-state index in [2.05, 4.69) is 15.5 Å². The van der Waals surface area contributed by atoms with Gasteiger partial charge in [0.15, 0.2) is 0 Å². The molecule has 2 aromatic carbocycles. The average Bonchev–Trinajstić information content (AvgIpc) is 3.16. The number of benzene rings is 2. The minimum Gasteiger partial charge on any atom is -0.496 e. The lowest BCUT2D eigenvalue weighted by molar-refractivity contribution is -0.137. The van der Waals surface area contributed by atoms with Crippen LogP contribution in [0.2, 0.25) is 0 Å². The molecule has 1 amide bonds. The van der Waals surface area contributed by atoms with Crippen molar-refractivity contribution in [3.63, 3.8) is 0 Å². The van der Waals surface area contributed by atoms with E-state index in [1.54, 1.807) is 24.3 Å². The highest BCUT2D eigenvalue weighted by Crippen LogP contribution is 2.30. The third kappa shape index (κ3) is 4.25. The van der Waals surface area contributed by atoms with Gasteiger partial charge in [-0.1, -0.05) is 35.5 Å². The van der Waals surface area contributed by atoms with Crippen molar-refractivity contribution in [2.24, 2.45) is 0 Å². The average molecular weight is 377 g/mol. The van der Waals surface area contributed by atoms with Crippen molar-refractivity contribution >= 4 is 5.91 Å². The molecule has 0 atom stereocenters. The third-order valence-electron chi connectivity index (χ3n) is 3.72. The Kier molecular flexibility index (Phi) is 5.11. The lowest BCUT2D eigenvalue weighted by Crippen LogP contribution is -2.23. The fourth-order valence-electron chi connectivity index (χ4n) is 2.34. The van der Waals surface area contributed by atoms with Gasteiger partial charge in [-0.15, -0.1) is 0 Å². The van der Waals surface area contributed by atoms with Crippen LogP contribution in [0.5, 0.6) is 5.75 Å². The Hall–Kier alpha value is -3.36. The highest BCUT2D eigenvalue weighted by Gasteiger charge is 2.30. The van der Waals surface area contributed by atoms with Crippen LogP contribution in [0, 0.1) is 0 Å². The van der Waals surface area contributed by atoms with Crippen molar-refractivity contribution in [3.8, 4) is 17.1 Å². The maximum atomic E-state index is 12.6. The molecule has 0 unspecified atom stereocenters. The van der Waals surface area contributed by atoms with Gasteiger partial charge in [-0.05, 0) is 18.2 Å². The Morgan fingerprint density at radius 2 is 1.85 bits per heavy atom. The quantitative estimate of drug-likeness (QED) is 0.734. The standard InChI is InChI=1S/C18H14F3N3O3/c1-26-14-5-3-2-4-12(14)10-22-16(25)17-23-15(24-27-17)11-6-8-13(9-7-11)18(19,20)21/h2-9H,10H2,1H3,(H,22,25). The van der Waals surface area contributed by atoms with E-state index in [4.69, 9.17) is 9.26 Å². The lowest BCUT2D eigenvalue weighted by Gasteiger charge is -2.08. The molecule has 1 aromatic heterocycles. The molecule has 3 rings (SSSR count). The van der Waals surface area contributed by atoms with Crippen LogP contribution in [0.1, 0.15) is 21.8 Å². The number of alkyl halides is 3. The first-order valence-electron chi connectivity index (χ1n) is 7.80. The molecule has 0 saturated carbocycles. The Balaban J connectivity index is 1.69. The largest absolute Gasteiger partial charge is 0.496 e. The molecule has 27 heavy (non-hydrogen) atoms. The van der Waals surface area contributed by atoms with Gasteiger partial charge in [-0.3, -0.25) is 4.79 Å². The van der Waals surface area contributed by atoms with E-state index < -0.39 is 17.6 Å². The highest BCUT2D eigenvalue weighted by atomic mass is 19.4. The predicted octanol–water partition coefficient (Wildman–Crippen LogP) is 3.69. The number of halogens is 3. The lowest BCUT2D eigenvalue weighted by atomic mass is 10.1. The van der Waals surface area contributed by atoms with E-state index in [0.29, 0.717) is 11.3 Å². The first-order chi connectivity index (χ1) is 12.9. The van der Waals surface area contributed by atoms with Crippen molar-refractivity contribution in [1.29, 1.82) is 0 Å². The molecule has 3 aromatic rings. The van der Waals surface area contributed by atoms with Crippen LogP contribution in [0.15, 0.2) is 53.1 Å². The SMILES string of the molecule is COc1ccccc1CNC(=O)c1nc(-c2ccc(C(F)(F)F)cc2)no1. The van der Waals surface area contributed by atoms with Crippen molar-refractivity contribution in [2.75, 3.05) is 7.11 Å². The molecular formula is C18H14F3N3O3. The van der Waals surface area contributed by atoms with Crippen molar-refractivity contribution in [2.45, 2.75) is 12.7 Å². The molecule has 0 aliphatic carbocycles. The minimum atomic E-state index is -4.43. The molecule has 0 saturated heterocycles. The Morgan fingerprint density at radius 3 is 2.52 bits per heavy atom. The number of ether oxygens (including phenoxy) is 1. The fourth-order valence-corrected chi connectivity index (χ4v) is 2.34. The number of para-hydroxylation sites is 1. The van der Waals surface area contributed by atoms with E-state index in [-0.39, 0.29) is 18.3 Å². The van der Waals surface area contributed by atoms with Crippen molar-refractivity contribution in [3.05, 3.63) is 65.5 Å². The molecule has 0 radical (unpaired) electrons. The summed E-state index contributed by atoms with van der Waals surface area (Å²) in [7, 11) is 1.52. The van der Waals surface area contributed by atoms with Crippen LogP contribution in [-0.2, 0) is 12.7 Å². The molecule has 1 heterocycles. The van der Waals surface area contributed by atoms with Crippen LogP contribution in [0.3, 0.4) is 0 Å². The number of hydrogen-bond donors (Lipinski definition) is 1. The summed E-state index contributed by atoms with van der Waals surface area (Å²) < 4.78 is 47.9. The monoisotopic (exact) mass is 377 g/mol. The minimum absolute atomic E-state index is 0.0196. The smallest absolute Gasteiger partial charge is 0.416 e. The molecule has 0 fully saturated rings. The van der Waals surface area contributed by atoms with E-state index in [1.165, 1.54) is 19.2 Å². The fraction of sp³-hybridized carbons (Fsp3) is 0.167. The summed E-state index contributed by atoms with van der Waals surface area (Å²) in [5.74, 6) is -0.258. The number of nitrogens with zero attached hydrogens (tertiary/aromatic N) is 2. The molecule has 6 nitrogen and oxygen atoms in total. The second kappa shape index (κ2) is 7.48. The number of aromatic nitrogens is 2. The van der Waals surface area contributed by atoms with E-state index >= 15 is 0 Å². The number of rotatable bonds is 5. The number of carbonyl (C=O) groups excluding carboxylic acids is 1. The summed E-state index contributed by atoms with van der Waals surface area (Å²) in [5, 5.41) is 6.26. The highest BCUT2D eigenvalue weighted by molar-refractivity contribution is 5.89. The number of methoxy groups -OCH3 is 1. The molecule has 0 aliphatic rings. The summed E-state index contributed by atoms with van der Waals surface area (Å²) in [5.41, 5.74) is 0.274. The van der Waals surface area contributed by atoms with Crippen molar-refractivity contribution in [1.82, 2.24) is 15.5 Å². The van der Waals surface area contributed by atoms with Crippen molar-refractivity contribution < 1.29 is 27.2 Å². The number of hydrogen-bond acceptors (Lipinski definition) is 5. The Bertz CT molecular complexity index is 937. The van der Waals surface area contributed by atoms with Gasteiger partial charge in [0.05, 0.1) is 12.7 Å². The van der Waals surface area contributed by atoms with E-state index in [1.807, 2.05) is 0 Å². The van der Waals surface area contributed by atoms with Gasteiger partial charge in [0, 0.05) is 17.7 Å². The van der Waals surface area contributed by atoms with E-state index in [0.717, 1.165) is 17.7 Å². The molecule has 0 aliphatic heterocycles. The second-order valence-corrected chi connectivity index (χ2v) is 5.49. The van der Waals surface area contributed by atoms with Gasteiger partial charge in [-0.25, -0.2) is 0 Å². The summed E-state index contributed by atoms with van der Waals surface area (Å²) in [6, 6.07) is 11.4. The molecule has 0 spiro atoms. The first-order valence-corrected chi connectivity index (χ1v) is 7.80. The van der Waals surface area contributed by atoms with Crippen LogP contribution >= 0.6 is 0 Å². The number of carbonyl (C=O) groups is 1. The zero-order valence-electron chi connectivity index (χ0n) is 14.1. The first kappa shape index (κ1) is 18.4. The third-order valence-corrected chi connectivity index (χ3v) is 3.72. The summed E-state index contributed by atoms with van der Waals surface area (Å²) >= 11 is 0. The van der Waals surface area contributed by atoms with Gasteiger partial charge in [0.2, 0.25) is 5.82 Å².